The number of carbonyl (C=O) groups excluding carboxylic acids is 1. The molecule has 2 rings (SSSR count). The van der Waals surface area contributed by atoms with Gasteiger partial charge in [0.2, 0.25) is 5.91 Å². The van der Waals surface area contributed by atoms with Crippen LogP contribution in [0, 0.1) is 0 Å². The van der Waals surface area contributed by atoms with Crippen LogP contribution in [-0.2, 0) is 4.79 Å². The third-order valence-electron chi connectivity index (χ3n) is 3.87. The van der Waals surface area contributed by atoms with Crippen LogP contribution >= 0.6 is 23.2 Å². The van der Waals surface area contributed by atoms with Gasteiger partial charge in [0.15, 0.2) is 0 Å². The maximum absolute atomic E-state index is 12.0. The number of nitrogens with one attached hydrogen (secondary N) is 1. The van der Waals surface area contributed by atoms with E-state index in [1.54, 1.807) is 24.3 Å². The molecule has 1 aromatic rings. The van der Waals surface area contributed by atoms with Crippen molar-refractivity contribution >= 4 is 35.2 Å². The molecule has 3 nitrogen and oxygen atoms in total. The van der Waals surface area contributed by atoms with Crippen molar-refractivity contribution in [3.63, 3.8) is 0 Å². The molecule has 2 N–H and O–H groups in total. The lowest BCUT2D eigenvalue weighted by atomic mass is 9.82. The molecule has 5 heteroatoms. The van der Waals surface area contributed by atoms with E-state index in [1.165, 1.54) is 6.08 Å². The Kier molecular flexibility index (Phi) is 5.68. The summed E-state index contributed by atoms with van der Waals surface area (Å²) in [5, 5.41) is 13.5. The molecule has 0 atom stereocenters. The minimum atomic E-state index is -0.461. The molecule has 0 bridgehead atoms. The van der Waals surface area contributed by atoms with Gasteiger partial charge in [-0.15, -0.1) is 0 Å². The summed E-state index contributed by atoms with van der Waals surface area (Å²) in [5.74, 6) is -0.197. The molecule has 1 amide bonds. The largest absolute Gasteiger partial charge is 0.394 e. The summed E-state index contributed by atoms with van der Waals surface area (Å²) in [6, 6.07) is 5.19. The summed E-state index contributed by atoms with van der Waals surface area (Å²) in [4.78, 5) is 12.0. The molecule has 0 aliphatic heterocycles. The van der Waals surface area contributed by atoms with Gasteiger partial charge in [0.05, 0.1) is 22.2 Å². The van der Waals surface area contributed by atoms with Gasteiger partial charge in [-0.25, -0.2) is 0 Å². The van der Waals surface area contributed by atoms with Crippen molar-refractivity contribution in [2.45, 2.75) is 37.6 Å². The number of benzene rings is 1. The van der Waals surface area contributed by atoms with E-state index in [1.807, 2.05) is 0 Å². The summed E-state index contributed by atoms with van der Waals surface area (Å²) in [6.07, 6.45) is 8.05. The van der Waals surface area contributed by atoms with Crippen LogP contribution in [0.2, 0.25) is 10.0 Å². The van der Waals surface area contributed by atoms with Gasteiger partial charge < -0.3 is 10.4 Å². The number of aliphatic hydroxyl groups is 1. The Hall–Kier alpha value is -1.03. The number of amides is 1. The highest BCUT2D eigenvalue weighted by Gasteiger charge is 2.32. The fourth-order valence-corrected chi connectivity index (χ4v) is 2.95. The Morgan fingerprint density at radius 3 is 2.57 bits per heavy atom. The van der Waals surface area contributed by atoms with Gasteiger partial charge in [0.1, 0.15) is 0 Å². The lowest BCUT2D eigenvalue weighted by Crippen LogP contribution is -2.52. The standard InChI is InChI=1S/C16H19Cl2NO2/c17-13-6-4-12(10-14(13)18)5-7-15(21)19-16(11-20)8-2-1-3-9-16/h4-7,10,20H,1-3,8-9,11H2,(H,19,21). The van der Waals surface area contributed by atoms with Gasteiger partial charge in [0, 0.05) is 6.08 Å². The predicted molar refractivity (Wildman–Crippen MR) is 86.5 cm³/mol. The average molecular weight is 328 g/mol. The minimum Gasteiger partial charge on any atom is -0.394 e. The van der Waals surface area contributed by atoms with Crippen molar-refractivity contribution in [2.75, 3.05) is 6.61 Å². The summed E-state index contributed by atoms with van der Waals surface area (Å²) in [6.45, 7) is -0.0145. The van der Waals surface area contributed by atoms with Crippen molar-refractivity contribution in [1.82, 2.24) is 5.32 Å². The van der Waals surface area contributed by atoms with Crippen molar-refractivity contribution in [1.29, 1.82) is 0 Å². The first-order valence-electron chi connectivity index (χ1n) is 7.11. The minimum absolute atomic E-state index is 0.0145. The number of carbonyl (C=O) groups is 1. The zero-order valence-corrected chi connectivity index (χ0v) is 13.3. The van der Waals surface area contributed by atoms with E-state index < -0.39 is 5.54 Å². The van der Waals surface area contributed by atoms with Gasteiger partial charge in [-0.05, 0) is 36.6 Å². The van der Waals surface area contributed by atoms with Gasteiger partial charge >= 0.3 is 0 Å². The Morgan fingerprint density at radius 2 is 1.95 bits per heavy atom. The van der Waals surface area contributed by atoms with Crippen LogP contribution in [0.5, 0.6) is 0 Å². The first-order chi connectivity index (χ1) is 10.0. The normalized spacial score (nSPS) is 17.9. The van der Waals surface area contributed by atoms with Crippen molar-refractivity contribution in [2.24, 2.45) is 0 Å². The monoisotopic (exact) mass is 327 g/mol. The summed E-state index contributed by atoms with van der Waals surface area (Å²) >= 11 is 11.8. The molecule has 0 aromatic heterocycles. The molecule has 1 aliphatic carbocycles. The highest BCUT2D eigenvalue weighted by Crippen LogP contribution is 2.28. The quantitative estimate of drug-likeness (QED) is 0.826. The fraction of sp³-hybridized carbons (Fsp3) is 0.438. The van der Waals surface area contributed by atoms with E-state index in [2.05, 4.69) is 5.32 Å². The predicted octanol–water partition coefficient (Wildman–Crippen LogP) is 3.82. The van der Waals surface area contributed by atoms with Crippen molar-refractivity contribution in [3.05, 3.63) is 39.9 Å². The molecular weight excluding hydrogens is 309 g/mol. The molecule has 0 heterocycles. The van der Waals surface area contributed by atoms with Crippen LogP contribution in [0.25, 0.3) is 6.08 Å². The molecule has 0 spiro atoms. The van der Waals surface area contributed by atoms with Crippen LogP contribution < -0.4 is 5.32 Å². The van der Waals surface area contributed by atoms with E-state index in [9.17, 15) is 9.90 Å². The number of hydrogen-bond acceptors (Lipinski definition) is 2. The van der Waals surface area contributed by atoms with Crippen LogP contribution in [0.4, 0.5) is 0 Å². The number of aliphatic hydroxyl groups excluding tert-OH is 1. The van der Waals surface area contributed by atoms with Gasteiger partial charge in [0.25, 0.3) is 0 Å². The van der Waals surface area contributed by atoms with E-state index in [0.29, 0.717) is 10.0 Å². The molecule has 1 aromatic carbocycles. The molecule has 1 fully saturated rings. The molecule has 0 radical (unpaired) electrons. The fourth-order valence-electron chi connectivity index (χ4n) is 2.64. The Balaban J connectivity index is 1.99. The first-order valence-corrected chi connectivity index (χ1v) is 7.86. The second kappa shape index (κ2) is 7.30. The van der Waals surface area contributed by atoms with Gasteiger partial charge in [-0.1, -0.05) is 48.5 Å². The van der Waals surface area contributed by atoms with Crippen LogP contribution in [0.15, 0.2) is 24.3 Å². The Morgan fingerprint density at radius 1 is 1.24 bits per heavy atom. The Bertz CT molecular complexity index is 537. The second-order valence-electron chi connectivity index (χ2n) is 5.50. The topological polar surface area (TPSA) is 49.3 Å². The van der Waals surface area contributed by atoms with Crippen molar-refractivity contribution < 1.29 is 9.90 Å². The van der Waals surface area contributed by atoms with E-state index >= 15 is 0 Å². The smallest absolute Gasteiger partial charge is 0.244 e. The summed E-state index contributed by atoms with van der Waals surface area (Å²) in [5.41, 5.74) is 0.346. The molecule has 0 saturated heterocycles. The SMILES string of the molecule is O=C(C=Cc1ccc(Cl)c(Cl)c1)NC1(CO)CCCCC1. The van der Waals surface area contributed by atoms with E-state index in [4.69, 9.17) is 23.2 Å². The molecule has 1 saturated carbocycles. The summed E-state index contributed by atoms with van der Waals surface area (Å²) < 4.78 is 0. The maximum Gasteiger partial charge on any atom is 0.244 e. The zero-order valence-electron chi connectivity index (χ0n) is 11.7. The highest BCUT2D eigenvalue weighted by atomic mass is 35.5. The van der Waals surface area contributed by atoms with Gasteiger partial charge in [-0.3, -0.25) is 4.79 Å². The number of rotatable bonds is 4. The molecule has 21 heavy (non-hydrogen) atoms. The molecular formula is C16H19Cl2NO2. The second-order valence-corrected chi connectivity index (χ2v) is 6.31. The lowest BCUT2D eigenvalue weighted by Gasteiger charge is -2.36. The summed E-state index contributed by atoms with van der Waals surface area (Å²) in [7, 11) is 0. The van der Waals surface area contributed by atoms with Gasteiger partial charge in [-0.2, -0.15) is 0 Å². The zero-order chi connectivity index (χ0) is 15.3. The third-order valence-corrected chi connectivity index (χ3v) is 4.61. The van der Waals surface area contributed by atoms with E-state index in [-0.39, 0.29) is 12.5 Å². The molecule has 114 valence electrons. The van der Waals surface area contributed by atoms with E-state index in [0.717, 1.165) is 37.7 Å². The Labute approximate surface area is 134 Å². The van der Waals surface area contributed by atoms with Crippen LogP contribution in [-0.4, -0.2) is 23.2 Å². The first kappa shape index (κ1) is 16.3. The molecule has 0 unspecified atom stereocenters. The van der Waals surface area contributed by atoms with Crippen LogP contribution in [0.3, 0.4) is 0 Å². The number of hydrogen-bond donors (Lipinski definition) is 2. The molecule has 1 aliphatic rings. The average Bonchev–Trinajstić information content (AvgIpc) is 2.49. The maximum atomic E-state index is 12.0. The highest BCUT2D eigenvalue weighted by molar-refractivity contribution is 6.42. The van der Waals surface area contributed by atoms with Crippen LogP contribution in [0.1, 0.15) is 37.7 Å². The third kappa shape index (κ3) is 4.47. The number of halogens is 2. The lowest BCUT2D eigenvalue weighted by molar-refractivity contribution is -0.119. The van der Waals surface area contributed by atoms with Crippen molar-refractivity contribution in [3.8, 4) is 0 Å².